The summed E-state index contributed by atoms with van der Waals surface area (Å²) >= 11 is 0. The van der Waals surface area contributed by atoms with Crippen LogP contribution in [0.1, 0.15) is 53.3 Å². The first-order chi connectivity index (χ1) is 8.44. The summed E-state index contributed by atoms with van der Waals surface area (Å²) in [6, 6.07) is 1.88. The Morgan fingerprint density at radius 1 is 1.17 bits per heavy atom. The molecular weight excluding hydrogens is 226 g/mol. The van der Waals surface area contributed by atoms with Crippen LogP contribution in [0.2, 0.25) is 0 Å². The number of aryl methyl sites for hydroxylation is 1. The first-order valence-electron chi connectivity index (χ1n) is 6.73. The highest BCUT2D eigenvalue weighted by Crippen LogP contribution is 2.18. The van der Waals surface area contributed by atoms with Gasteiger partial charge in [-0.3, -0.25) is 0 Å². The normalized spacial score (nSPS) is 11.4. The van der Waals surface area contributed by atoms with Gasteiger partial charge in [0.15, 0.2) is 0 Å². The van der Waals surface area contributed by atoms with E-state index in [0.29, 0.717) is 12.5 Å². The largest absolute Gasteiger partial charge is 0.478 e. The minimum Gasteiger partial charge on any atom is -0.478 e. The molecule has 0 fully saturated rings. The van der Waals surface area contributed by atoms with Crippen LogP contribution in [0.5, 0.6) is 5.88 Å². The van der Waals surface area contributed by atoms with Crippen molar-refractivity contribution in [3.05, 3.63) is 11.9 Å². The summed E-state index contributed by atoms with van der Waals surface area (Å²) < 4.78 is 5.61. The van der Waals surface area contributed by atoms with Gasteiger partial charge in [0.1, 0.15) is 11.6 Å². The fourth-order valence-electron chi connectivity index (χ4n) is 1.54. The van der Waals surface area contributed by atoms with Crippen LogP contribution in [-0.2, 0) is 6.42 Å². The first kappa shape index (κ1) is 14.7. The molecule has 18 heavy (non-hydrogen) atoms. The third kappa shape index (κ3) is 5.34. The zero-order chi connectivity index (χ0) is 13.6. The predicted octanol–water partition coefficient (Wildman–Crippen LogP) is 3.43. The van der Waals surface area contributed by atoms with Crippen LogP contribution in [0.15, 0.2) is 6.07 Å². The Hall–Kier alpha value is -1.32. The Labute approximate surface area is 110 Å². The van der Waals surface area contributed by atoms with E-state index in [9.17, 15) is 0 Å². The lowest BCUT2D eigenvalue weighted by molar-refractivity contribution is 0.303. The summed E-state index contributed by atoms with van der Waals surface area (Å²) in [5.41, 5.74) is -0.0140. The maximum absolute atomic E-state index is 5.61. The van der Waals surface area contributed by atoms with Crippen molar-refractivity contribution in [2.24, 2.45) is 0 Å². The highest BCUT2D eigenvalue weighted by Gasteiger charge is 2.12. The predicted molar refractivity (Wildman–Crippen MR) is 75.2 cm³/mol. The Bertz CT molecular complexity index is 372. The number of aromatic nitrogens is 2. The van der Waals surface area contributed by atoms with E-state index in [4.69, 9.17) is 4.74 Å². The summed E-state index contributed by atoms with van der Waals surface area (Å²) in [5, 5.41) is 3.37. The molecule has 0 saturated heterocycles. The average Bonchev–Trinajstić information content (AvgIpc) is 2.24. The number of ether oxygens (including phenoxy) is 1. The Morgan fingerprint density at radius 3 is 2.44 bits per heavy atom. The van der Waals surface area contributed by atoms with Crippen molar-refractivity contribution in [1.29, 1.82) is 0 Å². The average molecular weight is 251 g/mol. The zero-order valence-corrected chi connectivity index (χ0v) is 12.2. The Morgan fingerprint density at radius 2 is 1.89 bits per heavy atom. The Balaban J connectivity index is 2.90. The molecule has 0 saturated carbocycles. The van der Waals surface area contributed by atoms with Gasteiger partial charge >= 0.3 is 0 Å². The third-order valence-corrected chi connectivity index (χ3v) is 2.18. The second-order valence-corrected chi connectivity index (χ2v) is 5.48. The SMILES string of the molecule is CCCOc1cc(NC(C)(C)C)nc(CCC)n1. The van der Waals surface area contributed by atoms with Gasteiger partial charge in [0.2, 0.25) is 5.88 Å². The number of nitrogens with one attached hydrogen (secondary N) is 1. The van der Waals surface area contributed by atoms with Crippen LogP contribution in [0.25, 0.3) is 0 Å². The molecule has 4 nitrogen and oxygen atoms in total. The zero-order valence-electron chi connectivity index (χ0n) is 12.2. The minimum atomic E-state index is -0.0140. The maximum atomic E-state index is 5.61. The molecule has 1 rings (SSSR count). The highest BCUT2D eigenvalue weighted by molar-refractivity contribution is 5.40. The molecule has 1 aromatic heterocycles. The highest BCUT2D eigenvalue weighted by atomic mass is 16.5. The van der Waals surface area contributed by atoms with E-state index >= 15 is 0 Å². The summed E-state index contributed by atoms with van der Waals surface area (Å²) in [5.74, 6) is 2.35. The van der Waals surface area contributed by atoms with E-state index in [0.717, 1.165) is 30.9 Å². The summed E-state index contributed by atoms with van der Waals surface area (Å²) in [7, 11) is 0. The van der Waals surface area contributed by atoms with E-state index < -0.39 is 0 Å². The molecule has 4 heteroatoms. The first-order valence-corrected chi connectivity index (χ1v) is 6.73. The monoisotopic (exact) mass is 251 g/mol. The molecule has 0 radical (unpaired) electrons. The molecule has 1 N–H and O–H groups in total. The molecule has 0 aromatic carbocycles. The molecule has 0 aliphatic heterocycles. The number of hydrogen-bond donors (Lipinski definition) is 1. The van der Waals surface area contributed by atoms with Crippen LogP contribution in [-0.4, -0.2) is 22.1 Å². The molecule has 0 unspecified atom stereocenters. The van der Waals surface area contributed by atoms with Gasteiger partial charge in [0, 0.05) is 18.0 Å². The van der Waals surface area contributed by atoms with Crippen molar-refractivity contribution >= 4 is 5.82 Å². The van der Waals surface area contributed by atoms with Gasteiger partial charge in [-0.2, -0.15) is 4.98 Å². The fraction of sp³-hybridized carbons (Fsp3) is 0.714. The van der Waals surface area contributed by atoms with E-state index in [2.05, 4.69) is 49.9 Å². The van der Waals surface area contributed by atoms with Crippen LogP contribution >= 0.6 is 0 Å². The van der Waals surface area contributed by atoms with Gasteiger partial charge in [-0.15, -0.1) is 0 Å². The molecular formula is C14H25N3O. The van der Waals surface area contributed by atoms with E-state index in [1.165, 1.54) is 0 Å². The van der Waals surface area contributed by atoms with Gasteiger partial charge in [-0.1, -0.05) is 13.8 Å². The van der Waals surface area contributed by atoms with E-state index in [-0.39, 0.29) is 5.54 Å². The number of anilines is 1. The van der Waals surface area contributed by atoms with Gasteiger partial charge in [0.25, 0.3) is 0 Å². The van der Waals surface area contributed by atoms with Gasteiger partial charge in [0.05, 0.1) is 6.61 Å². The molecule has 0 atom stereocenters. The van der Waals surface area contributed by atoms with Crippen LogP contribution in [0.4, 0.5) is 5.82 Å². The maximum Gasteiger partial charge on any atom is 0.218 e. The molecule has 1 heterocycles. The van der Waals surface area contributed by atoms with Crippen molar-refractivity contribution in [2.45, 2.75) is 59.4 Å². The lowest BCUT2D eigenvalue weighted by Crippen LogP contribution is -2.27. The topological polar surface area (TPSA) is 47.0 Å². The van der Waals surface area contributed by atoms with Crippen molar-refractivity contribution in [3.63, 3.8) is 0 Å². The molecule has 0 spiro atoms. The van der Waals surface area contributed by atoms with Gasteiger partial charge in [-0.05, 0) is 33.6 Å². The molecule has 102 valence electrons. The second-order valence-electron chi connectivity index (χ2n) is 5.48. The molecule has 0 aliphatic carbocycles. The standard InChI is InChI=1S/C14H25N3O/c1-6-8-11-15-12(17-14(3,4)5)10-13(16-11)18-9-7-2/h10H,6-9H2,1-5H3,(H,15,16,17). The van der Waals surface area contributed by atoms with Crippen molar-refractivity contribution in [1.82, 2.24) is 9.97 Å². The van der Waals surface area contributed by atoms with Crippen molar-refractivity contribution in [3.8, 4) is 5.88 Å². The smallest absolute Gasteiger partial charge is 0.218 e. The lowest BCUT2D eigenvalue weighted by atomic mass is 10.1. The lowest BCUT2D eigenvalue weighted by Gasteiger charge is -2.21. The molecule has 0 aliphatic rings. The van der Waals surface area contributed by atoms with E-state index in [1.54, 1.807) is 0 Å². The number of hydrogen-bond acceptors (Lipinski definition) is 4. The summed E-state index contributed by atoms with van der Waals surface area (Å²) in [4.78, 5) is 8.93. The molecule has 0 amide bonds. The fourth-order valence-corrected chi connectivity index (χ4v) is 1.54. The minimum absolute atomic E-state index is 0.0140. The number of rotatable bonds is 6. The Kier molecular flexibility index (Phi) is 5.38. The molecule has 1 aromatic rings. The van der Waals surface area contributed by atoms with Gasteiger partial charge < -0.3 is 10.1 Å². The van der Waals surface area contributed by atoms with Gasteiger partial charge in [-0.25, -0.2) is 4.98 Å². The molecule has 0 bridgehead atoms. The second kappa shape index (κ2) is 6.57. The van der Waals surface area contributed by atoms with Crippen LogP contribution in [0, 0.1) is 0 Å². The third-order valence-electron chi connectivity index (χ3n) is 2.18. The summed E-state index contributed by atoms with van der Waals surface area (Å²) in [6.45, 7) is 11.2. The van der Waals surface area contributed by atoms with Crippen LogP contribution < -0.4 is 10.1 Å². The van der Waals surface area contributed by atoms with Crippen molar-refractivity contribution in [2.75, 3.05) is 11.9 Å². The quantitative estimate of drug-likeness (QED) is 0.841. The van der Waals surface area contributed by atoms with Crippen LogP contribution in [0.3, 0.4) is 0 Å². The van der Waals surface area contributed by atoms with E-state index in [1.807, 2.05) is 6.07 Å². The van der Waals surface area contributed by atoms with Crippen molar-refractivity contribution < 1.29 is 4.74 Å². The summed E-state index contributed by atoms with van der Waals surface area (Å²) in [6.07, 6.45) is 2.89. The number of nitrogens with zero attached hydrogens (tertiary/aromatic N) is 2.